The number of aryl methyl sites for hydroxylation is 1. The van der Waals surface area contributed by atoms with Gasteiger partial charge in [-0.25, -0.2) is 0 Å². The SMILES string of the molecule is ClCCc1ccccc1.c1ccc2[nH]ccc2c1. The fraction of sp³-hybridized carbons (Fsp3) is 0.125. The first-order chi connectivity index (χ1) is 8.90. The van der Waals surface area contributed by atoms with E-state index in [1.807, 2.05) is 36.5 Å². The first kappa shape index (κ1) is 12.7. The topological polar surface area (TPSA) is 15.8 Å². The average molecular weight is 258 g/mol. The van der Waals surface area contributed by atoms with Crippen molar-refractivity contribution in [1.82, 2.24) is 4.98 Å². The molecule has 3 aromatic rings. The van der Waals surface area contributed by atoms with E-state index in [9.17, 15) is 0 Å². The van der Waals surface area contributed by atoms with Gasteiger partial charge in [-0.15, -0.1) is 11.6 Å². The van der Waals surface area contributed by atoms with Gasteiger partial charge in [-0.05, 0) is 29.5 Å². The molecule has 0 fully saturated rings. The average Bonchev–Trinajstić information content (AvgIpc) is 2.89. The van der Waals surface area contributed by atoms with E-state index in [4.69, 9.17) is 11.6 Å². The molecule has 92 valence electrons. The zero-order valence-corrected chi connectivity index (χ0v) is 10.9. The van der Waals surface area contributed by atoms with Crippen molar-refractivity contribution in [2.75, 3.05) is 5.88 Å². The number of aromatic nitrogens is 1. The standard InChI is InChI=1S/C8H9Cl.C8H7N/c9-7-6-8-4-2-1-3-5-8;1-2-4-8-7(3-1)5-6-9-8/h1-5H,6-7H2;1-6,9H. The molecule has 1 nitrogen and oxygen atoms in total. The third-order valence-corrected chi connectivity index (χ3v) is 2.88. The zero-order valence-electron chi connectivity index (χ0n) is 10.1. The summed E-state index contributed by atoms with van der Waals surface area (Å²) in [6.07, 6.45) is 2.92. The van der Waals surface area contributed by atoms with Gasteiger partial charge in [0.15, 0.2) is 0 Å². The number of nitrogens with one attached hydrogen (secondary N) is 1. The lowest BCUT2D eigenvalue weighted by molar-refractivity contribution is 1.15. The Hall–Kier alpha value is -1.73. The number of H-pyrrole nitrogens is 1. The molecular weight excluding hydrogens is 242 g/mol. The number of rotatable bonds is 2. The van der Waals surface area contributed by atoms with E-state index in [1.54, 1.807) is 0 Å². The molecule has 0 aliphatic heterocycles. The molecule has 0 atom stereocenters. The first-order valence-corrected chi connectivity index (χ1v) is 6.55. The summed E-state index contributed by atoms with van der Waals surface area (Å²) in [7, 11) is 0. The fourth-order valence-corrected chi connectivity index (χ4v) is 1.97. The molecule has 1 N–H and O–H groups in total. The minimum Gasteiger partial charge on any atom is -0.361 e. The van der Waals surface area contributed by atoms with E-state index in [-0.39, 0.29) is 0 Å². The monoisotopic (exact) mass is 257 g/mol. The maximum absolute atomic E-state index is 5.54. The minimum atomic E-state index is 0.712. The molecule has 0 spiro atoms. The van der Waals surface area contributed by atoms with Crippen LogP contribution in [0.2, 0.25) is 0 Å². The van der Waals surface area contributed by atoms with E-state index >= 15 is 0 Å². The number of hydrogen-bond acceptors (Lipinski definition) is 0. The molecule has 0 amide bonds. The van der Waals surface area contributed by atoms with Crippen LogP contribution < -0.4 is 0 Å². The van der Waals surface area contributed by atoms with Crippen LogP contribution in [0.15, 0.2) is 66.9 Å². The summed E-state index contributed by atoms with van der Waals surface area (Å²) in [6, 6.07) is 20.5. The molecule has 1 aromatic heterocycles. The van der Waals surface area contributed by atoms with Crippen molar-refractivity contribution in [1.29, 1.82) is 0 Å². The highest BCUT2D eigenvalue weighted by Crippen LogP contribution is 2.09. The van der Waals surface area contributed by atoms with Crippen LogP contribution in [-0.4, -0.2) is 10.9 Å². The van der Waals surface area contributed by atoms with Gasteiger partial charge in [-0.3, -0.25) is 0 Å². The van der Waals surface area contributed by atoms with E-state index in [0.717, 1.165) is 6.42 Å². The Balaban J connectivity index is 0.000000134. The Morgan fingerprint density at radius 2 is 1.56 bits per heavy atom. The van der Waals surface area contributed by atoms with E-state index in [2.05, 4.69) is 35.3 Å². The molecule has 0 bridgehead atoms. The van der Waals surface area contributed by atoms with E-state index in [1.165, 1.54) is 16.5 Å². The van der Waals surface area contributed by atoms with Gasteiger partial charge >= 0.3 is 0 Å². The molecule has 0 saturated heterocycles. The molecule has 18 heavy (non-hydrogen) atoms. The van der Waals surface area contributed by atoms with Crippen LogP contribution in [0.3, 0.4) is 0 Å². The lowest BCUT2D eigenvalue weighted by atomic mass is 10.2. The van der Waals surface area contributed by atoms with Gasteiger partial charge in [0, 0.05) is 17.6 Å². The third-order valence-electron chi connectivity index (χ3n) is 2.69. The summed E-state index contributed by atoms with van der Waals surface area (Å²) in [5.74, 6) is 0.712. The number of alkyl halides is 1. The number of aromatic amines is 1. The first-order valence-electron chi connectivity index (χ1n) is 6.02. The second-order valence-electron chi connectivity index (χ2n) is 3.99. The third kappa shape index (κ3) is 3.64. The van der Waals surface area contributed by atoms with Gasteiger partial charge in [-0.1, -0.05) is 48.5 Å². The second kappa shape index (κ2) is 6.87. The van der Waals surface area contributed by atoms with Gasteiger partial charge in [0.25, 0.3) is 0 Å². The molecule has 0 aliphatic rings. The fourth-order valence-electron chi connectivity index (χ4n) is 1.75. The molecule has 2 heteroatoms. The van der Waals surface area contributed by atoms with Crippen LogP contribution in [0.1, 0.15) is 5.56 Å². The molecular formula is C16H16ClN. The number of fused-ring (bicyclic) bond motifs is 1. The molecule has 0 saturated carbocycles. The summed E-state index contributed by atoms with van der Waals surface area (Å²) >= 11 is 5.54. The Morgan fingerprint density at radius 1 is 0.833 bits per heavy atom. The number of para-hydroxylation sites is 1. The second-order valence-corrected chi connectivity index (χ2v) is 4.37. The quantitative estimate of drug-likeness (QED) is 0.644. The van der Waals surface area contributed by atoms with Gasteiger partial charge in [-0.2, -0.15) is 0 Å². The van der Waals surface area contributed by atoms with Crippen LogP contribution in [0.5, 0.6) is 0 Å². The van der Waals surface area contributed by atoms with Crippen LogP contribution in [0.4, 0.5) is 0 Å². The summed E-state index contributed by atoms with van der Waals surface area (Å²) in [6.45, 7) is 0. The highest BCUT2D eigenvalue weighted by Gasteiger charge is 1.87. The Kier molecular flexibility index (Phi) is 4.86. The van der Waals surface area contributed by atoms with Crippen molar-refractivity contribution in [3.8, 4) is 0 Å². The molecule has 0 radical (unpaired) electrons. The normalized spacial score (nSPS) is 9.83. The summed E-state index contributed by atoms with van der Waals surface area (Å²) in [4.78, 5) is 3.12. The van der Waals surface area contributed by atoms with Crippen molar-refractivity contribution in [2.45, 2.75) is 6.42 Å². The van der Waals surface area contributed by atoms with Gasteiger partial charge < -0.3 is 4.98 Å². The van der Waals surface area contributed by atoms with Crippen LogP contribution in [0.25, 0.3) is 10.9 Å². The van der Waals surface area contributed by atoms with Crippen LogP contribution in [-0.2, 0) is 6.42 Å². The van der Waals surface area contributed by atoms with Crippen LogP contribution >= 0.6 is 11.6 Å². The largest absolute Gasteiger partial charge is 0.361 e. The van der Waals surface area contributed by atoms with Crippen molar-refractivity contribution in [2.24, 2.45) is 0 Å². The number of benzene rings is 2. The highest BCUT2D eigenvalue weighted by molar-refractivity contribution is 6.17. The Morgan fingerprint density at radius 3 is 2.28 bits per heavy atom. The molecule has 0 aliphatic carbocycles. The van der Waals surface area contributed by atoms with Crippen molar-refractivity contribution in [3.05, 3.63) is 72.4 Å². The highest BCUT2D eigenvalue weighted by atomic mass is 35.5. The van der Waals surface area contributed by atoms with E-state index in [0.29, 0.717) is 5.88 Å². The molecule has 0 unspecified atom stereocenters. The molecule has 2 aromatic carbocycles. The smallest absolute Gasteiger partial charge is 0.0453 e. The van der Waals surface area contributed by atoms with Gasteiger partial charge in [0.05, 0.1) is 0 Å². The minimum absolute atomic E-state index is 0.712. The van der Waals surface area contributed by atoms with E-state index < -0.39 is 0 Å². The summed E-state index contributed by atoms with van der Waals surface area (Å²) in [5, 5.41) is 1.28. The number of hydrogen-bond donors (Lipinski definition) is 1. The summed E-state index contributed by atoms with van der Waals surface area (Å²) in [5.41, 5.74) is 2.52. The maximum atomic E-state index is 5.54. The van der Waals surface area contributed by atoms with Crippen molar-refractivity contribution in [3.63, 3.8) is 0 Å². The molecule has 3 rings (SSSR count). The Bertz CT molecular complexity index is 541. The predicted molar refractivity (Wildman–Crippen MR) is 79.2 cm³/mol. The van der Waals surface area contributed by atoms with Crippen molar-refractivity contribution >= 4 is 22.5 Å². The van der Waals surface area contributed by atoms with Gasteiger partial charge in [0.2, 0.25) is 0 Å². The lowest BCUT2D eigenvalue weighted by Crippen LogP contribution is -1.82. The predicted octanol–water partition coefficient (Wildman–Crippen LogP) is 4.64. The number of halogens is 1. The zero-order chi connectivity index (χ0) is 12.6. The van der Waals surface area contributed by atoms with Crippen molar-refractivity contribution < 1.29 is 0 Å². The van der Waals surface area contributed by atoms with Crippen LogP contribution in [0, 0.1) is 0 Å². The Labute approximate surface area is 112 Å². The maximum Gasteiger partial charge on any atom is 0.0453 e. The lowest BCUT2D eigenvalue weighted by Gasteiger charge is -1.92. The van der Waals surface area contributed by atoms with Gasteiger partial charge in [0.1, 0.15) is 0 Å². The summed E-state index contributed by atoms with van der Waals surface area (Å²) < 4.78 is 0. The molecule has 1 heterocycles.